The fourth-order valence-corrected chi connectivity index (χ4v) is 0.0704. The molecule has 0 aliphatic rings. The van der Waals surface area contributed by atoms with Crippen LogP contribution in [0.4, 0.5) is 0 Å². The second-order valence-corrected chi connectivity index (χ2v) is 0.933. The molecule has 0 aromatic carbocycles. The Labute approximate surface area is 39.9 Å². The van der Waals surface area contributed by atoms with Crippen molar-refractivity contribution < 1.29 is 4.76 Å². The van der Waals surface area contributed by atoms with Crippen LogP contribution in [0.15, 0.2) is 5.11 Å². The van der Waals surface area contributed by atoms with Gasteiger partial charge in [-0.2, -0.15) is 0 Å². The first-order chi connectivity index (χ1) is 3.18. The molecule has 0 aromatic rings. The molecule has 0 bridgehead atoms. The molecule has 0 fully saturated rings. The fourth-order valence-electron chi connectivity index (χ4n) is 0.0704. The largest absolute Gasteiger partial charge is 0.482 e. The van der Waals surface area contributed by atoms with E-state index in [1.54, 1.807) is 0 Å². The number of nitroso groups, excluding NO2 is 1. The van der Waals surface area contributed by atoms with E-state index in [0.717, 1.165) is 7.05 Å². The summed E-state index contributed by atoms with van der Waals surface area (Å²) in [6.07, 6.45) is 0. The predicted molar refractivity (Wildman–Crippen MR) is 22.4 cm³/mol. The van der Waals surface area contributed by atoms with Gasteiger partial charge in [0.25, 0.3) is 0 Å². The summed E-state index contributed by atoms with van der Waals surface area (Å²) >= 11 is 0. The molecule has 0 saturated heterocycles. The van der Waals surface area contributed by atoms with Gasteiger partial charge in [0.15, 0.2) is 0 Å². The second-order valence-electron chi connectivity index (χ2n) is 0.933. The average Bonchev–Trinajstić information content (AvgIpc) is 1.65. The van der Waals surface area contributed by atoms with Crippen LogP contribution in [0.2, 0.25) is 0 Å². The van der Waals surface area contributed by atoms with Gasteiger partial charge in [0.1, 0.15) is 7.05 Å². The van der Waals surface area contributed by atoms with Crippen LogP contribution in [0, 0.1) is 15.8 Å². The molecule has 38 valence electrons. The maximum atomic E-state index is 9.85. The maximum absolute atomic E-state index is 9.85. The summed E-state index contributed by atoms with van der Waals surface area (Å²) in [5, 5.41) is 8.99. The molecule has 0 rings (SSSR count). The molecule has 2 N–H and O–H groups in total. The van der Waals surface area contributed by atoms with Gasteiger partial charge in [-0.25, -0.2) is 0 Å². The van der Waals surface area contributed by atoms with E-state index in [9.17, 15) is 4.91 Å². The van der Waals surface area contributed by atoms with Gasteiger partial charge >= 0.3 is 5.96 Å². The molecular weight excluding hydrogens is 96.0 g/mol. The van der Waals surface area contributed by atoms with Crippen LogP contribution in [-0.2, 0) is 0 Å². The van der Waals surface area contributed by atoms with Gasteiger partial charge in [0.2, 0.25) is 0 Å². The standard InChI is InChI=1S/C2H5N4O/c1-6(7)2(3)5-4/h3-4H,1H3/q+1. The predicted octanol–water partition coefficient (Wildman–Crippen LogP) is 0.361. The Balaban J connectivity index is 3.81. The second kappa shape index (κ2) is 2.12. The number of hydrogen-bond acceptors (Lipinski definition) is 3. The van der Waals surface area contributed by atoms with E-state index in [1.165, 1.54) is 0 Å². The average molecular weight is 101 g/mol. The summed E-state index contributed by atoms with van der Waals surface area (Å²) in [6, 6.07) is 0. The van der Waals surface area contributed by atoms with Crippen LogP contribution in [0.25, 0.3) is 0 Å². The smallest absolute Gasteiger partial charge is 0.125 e. The van der Waals surface area contributed by atoms with E-state index >= 15 is 0 Å². The molecule has 0 aliphatic heterocycles. The summed E-state index contributed by atoms with van der Waals surface area (Å²) in [5.41, 5.74) is 6.10. The Morgan fingerprint density at radius 2 is 2.29 bits per heavy atom. The highest BCUT2D eigenvalue weighted by Crippen LogP contribution is 1.70. The molecular formula is C2H5N4O+. The first kappa shape index (κ1) is 5.87. The minimum atomic E-state index is -0.583. The van der Waals surface area contributed by atoms with Crippen LogP contribution in [0.5, 0.6) is 0 Å². The molecule has 7 heavy (non-hydrogen) atoms. The highest BCUT2D eigenvalue weighted by Gasteiger charge is 2.04. The zero-order valence-corrected chi connectivity index (χ0v) is 3.80. The monoisotopic (exact) mass is 101 g/mol. The maximum Gasteiger partial charge on any atom is 0.482 e. The third-order valence-electron chi connectivity index (χ3n) is 0.404. The number of nitrogens with zero attached hydrogens (tertiary/aromatic N) is 2. The zero-order valence-electron chi connectivity index (χ0n) is 3.80. The normalized spacial score (nSPS) is 7.57. The van der Waals surface area contributed by atoms with Crippen molar-refractivity contribution in [2.24, 2.45) is 5.11 Å². The molecule has 0 saturated carbocycles. The molecule has 0 radical (unpaired) electrons. The highest BCUT2D eigenvalue weighted by molar-refractivity contribution is 5.66. The summed E-state index contributed by atoms with van der Waals surface area (Å²) in [4.78, 5) is 9.85. The van der Waals surface area contributed by atoms with Crippen molar-refractivity contribution in [1.82, 2.24) is 0 Å². The molecule has 0 aromatic heterocycles. The summed E-state index contributed by atoms with van der Waals surface area (Å²) in [7, 11) is 1.11. The third-order valence-corrected chi connectivity index (χ3v) is 0.404. The van der Waals surface area contributed by atoms with E-state index < -0.39 is 5.96 Å². The third kappa shape index (κ3) is 1.69. The van der Waals surface area contributed by atoms with E-state index in [1.807, 2.05) is 0 Å². The number of hydrogen-bond donors (Lipinski definition) is 2. The fraction of sp³-hybridized carbons (Fsp3) is 0.500. The molecule has 5 nitrogen and oxygen atoms in total. The first-order valence-corrected chi connectivity index (χ1v) is 1.55. The summed E-state index contributed by atoms with van der Waals surface area (Å²) < 4.78 is 0.201. The van der Waals surface area contributed by atoms with Crippen LogP contribution in [0.1, 0.15) is 0 Å². The van der Waals surface area contributed by atoms with E-state index in [2.05, 4.69) is 5.11 Å². The molecule has 5 heteroatoms. The Kier molecular flexibility index (Phi) is 1.78. The lowest BCUT2D eigenvalue weighted by atomic mass is 11.0. The van der Waals surface area contributed by atoms with Crippen LogP contribution in [-0.4, -0.2) is 17.8 Å². The lowest BCUT2D eigenvalue weighted by Gasteiger charge is -1.72. The Morgan fingerprint density at radius 3 is 2.29 bits per heavy atom. The van der Waals surface area contributed by atoms with Crippen molar-refractivity contribution in [1.29, 1.82) is 10.9 Å². The quantitative estimate of drug-likeness (QED) is 0.196. The van der Waals surface area contributed by atoms with E-state index in [4.69, 9.17) is 10.9 Å². The van der Waals surface area contributed by atoms with Gasteiger partial charge in [-0.05, 0) is 4.76 Å². The van der Waals surface area contributed by atoms with E-state index in [0.29, 0.717) is 0 Å². The van der Waals surface area contributed by atoms with Crippen molar-refractivity contribution in [3.8, 4) is 0 Å². The molecule has 0 aliphatic carbocycles. The highest BCUT2D eigenvalue weighted by atomic mass is 16.3. The minimum Gasteiger partial charge on any atom is -0.125 e. The molecule has 0 unspecified atom stereocenters. The minimum absolute atomic E-state index is 0.201. The Morgan fingerprint density at radius 1 is 1.86 bits per heavy atom. The number of rotatable bonds is 0. The topological polar surface area (TPSA) is 80.1 Å². The van der Waals surface area contributed by atoms with Gasteiger partial charge in [0.05, 0.1) is 0 Å². The van der Waals surface area contributed by atoms with Gasteiger partial charge in [-0.15, -0.1) is 10.9 Å². The van der Waals surface area contributed by atoms with Crippen LogP contribution >= 0.6 is 0 Å². The van der Waals surface area contributed by atoms with Gasteiger partial charge in [-0.1, -0.05) is 4.91 Å². The van der Waals surface area contributed by atoms with Crippen molar-refractivity contribution in [3.63, 3.8) is 0 Å². The lowest BCUT2D eigenvalue weighted by molar-refractivity contribution is -0.398. The molecule has 0 heterocycles. The van der Waals surface area contributed by atoms with E-state index in [-0.39, 0.29) is 4.76 Å². The number of guanidine groups is 1. The van der Waals surface area contributed by atoms with Crippen molar-refractivity contribution in [3.05, 3.63) is 4.91 Å². The summed E-state index contributed by atoms with van der Waals surface area (Å²) in [6.45, 7) is 0. The molecule has 0 spiro atoms. The van der Waals surface area contributed by atoms with Crippen molar-refractivity contribution >= 4 is 5.96 Å². The molecule has 0 amide bonds. The van der Waals surface area contributed by atoms with Gasteiger partial charge in [-0.3, -0.25) is 0 Å². The van der Waals surface area contributed by atoms with Gasteiger partial charge < -0.3 is 0 Å². The SMILES string of the molecule is C[N+](=O)C(=N)N=N. The van der Waals surface area contributed by atoms with Crippen LogP contribution < -0.4 is 0 Å². The van der Waals surface area contributed by atoms with Crippen LogP contribution in [0.3, 0.4) is 0 Å². The summed E-state index contributed by atoms with van der Waals surface area (Å²) in [5.74, 6) is -0.583. The van der Waals surface area contributed by atoms with Crippen molar-refractivity contribution in [2.75, 3.05) is 7.05 Å². The molecule has 0 atom stereocenters. The Bertz CT molecular complexity index is 117. The first-order valence-electron chi connectivity index (χ1n) is 1.55. The van der Waals surface area contributed by atoms with Gasteiger partial charge in [0, 0.05) is 5.11 Å². The van der Waals surface area contributed by atoms with Crippen molar-refractivity contribution in [2.45, 2.75) is 0 Å². The Hall–Kier alpha value is -1.13. The zero-order chi connectivity index (χ0) is 5.86. The number of nitrogens with one attached hydrogen (secondary N) is 2. The lowest BCUT2D eigenvalue weighted by Crippen LogP contribution is -2.06.